The molecule has 1 aliphatic heterocycles. The van der Waals surface area contributed by atoms with Gasteiger partial charge in [0.1, 0.15) is 12.4 Å². The first kappa shape index (κ1) is 11.3. The van der Waals surface area contributed by atoms with Crippen molar-refractivity contribution in [2.45, 2.75) is 6.54 Å². The van der Waals surface area contributed by atoms with Gasteiger partial charge in [-0.3, -0.25) is 0 Å². The molecule has 0 spiro atoms. The van der Waals surface area contributed by atoms with Crippen LogP contribution in [0.4, 0.5) is 0 Å². The molecule has 17 heavy (non-hydrogen) atoms. The summed E-state index contributed by atoms with van der Waals surface area (Å²) in [4.78, 5) is 12.4. The van der Waals surface area contributed by atoms with E-state index in [2.05, 4.69) is 15.9 Å². The molecule has 2 heterocycles. The molecule has 0 radical (unpaired) electrons. The highest BCUT2D eigenvalue weighted by Gasteiger charge is 2.11. The first-order valence-corrected chi connectivity index (χ1v) is 5.29. The van der Waals surface area contributed by atoms with E-state index in [1.807, 2.05) is 29.0 Å². The normalized spacial score (nSPS) is 14.4. The van der Waals surface area contributed by atoms with Crippen LogP contribution < -0.4 is 0 Å². The molecular formula is C12H14N4O. The Bertz CT molecular complexity index is 455. The summed E-state index contributed by atoms with van der Waals surface area (Å²) in [6.07, 6.45) is 8.65. The summed E-state index contributed by atoms with van der Waals surface area (Å²) in [6.45, 7) is 1.74. The zero-order chi connectivity index (χ0) is 12.1. The highest BCUT2D eigenvalue weighted by molar-refractivity contribution is 5.88. The van der Waals surface area contributed by atoms with Gasteiger partial charge in [0.25, 0.3) is 0 Å². The van der Waals surface area contributed by atoms with Gasteiger partial charge in [0.15, 0.2) is 0 Å². The highest BCUT2D eigenvalue weighted by Crippen LogP contribution is 2.06. The molecule has 5 nitrogen and oxygen atoms in total. The molecule has 0 N–H and O–H groups in total. The second kappa shape index (κ2) is 5.21. The second-order valence-corrected chi connectivity index (χ2v) is 3.73. The summed E-state index contributed by atoms with van der Waals surface area (Å²) < 4.78 is 5.26. The summed E-state index contributed by atoms with van der Waals surface area (Å²) in [6, 6.07) is 3.79. The summed E-state index contributed by atoms with van der Waals surface area (Å²) in [5.74, 6) is 4.12. The zero-order valence-corrected chi connectivity index (χ0v) is 9.71. The quantitative estimate of drug-likeness (QED) is 0.728. The lowest BCUT2D eigenvalue weighted by Crippen LogP contribution is -2.33. The van der Waals surface area contributed by atoms with Crippen molar-refractivity contribution in [2.24, 2.45) is 9.98 Å². The molecule has 0 saturated carbocycles. The van der Waals surface area contributed by atoms with Gasteiger partial charge in [-0.15, -0.1) is 6.42 Å². The third kappa shape index (κ3) is 2.88. The monoisotopic (exact) mass is 230 g/mol. The molecule has 0 aliphatic carbocycles. The van der Waals surface area contributed by atoms with E-state index in [4.69, 9.17) is 10.8 Å². The van der Waals surface area contributed by atoms with E-state index >= 15 is 0 Å². The minimum atomic E-state index is 0.508. The molecule has 0 amide bonds. The van der Waals surface area contributed by atoms with Crippen LogP contribution in [0.1, 0.15) is 5.76 Å². The Labute approximate surface area is 100 Å². The topological polar surface area (TPSA) is 44.3 Å². The maximum Gasteiger partial charge on any atom is 0.224 e. The first-order chi connectivity index (χ1) is 8.29. The van der Waals surface area contributed by atoms with Gasteiger partial charge in [0.2, 0.25) is 5.96 Å². The second-order valence-electron chi connectivity index (χ2n) is 3.73. The van der Waals surface area contributed by atoms with Crippen LogP contribution in [0.5, 0.6) is 0 Å². The zero-order valence-electron chi connectivity index (χ0n) is 9.71. The average Bonchev–Trinajstić information content (AvgIpc) is 2.83. The van der Waals surface area contributed by atoms with Crippen LogP contribution in [-0.4, -0.2) is 42.4 Å². The molecular weight excluding hydrogens is 216 g/mol. The first-order valence-electron chi connectivity index (χ1n) is 5.29. The molecule has 1 aliphatic rings. The minimum Gasteiger partial charge on any atom is -0.467 e. The van der Waals surface area contributed by atoms with Gasteiger partial charge in [-0.2, -0.15) is 0 Å². The summed E-state index contributed by atoms with van der Waals surface area (Å²) in [7, 11) is 1.87. The number of hydrogen-bond donors (Lipinski definition) is 0. The Hall–Kier alpha value is -2.22. The maximum atomic E-state index is 5.26. The van der Waals surface area contributed by atoms with E-state index in [-0.39, 0.29) is 0 Å². The number of terminal acetylenes is 1. The molecule has 1 aromatic heterocycles. The number of hydrogen-bond acceptors (Lipinski definition) is 5. The Morgan fingerprint density at radius 1 is 1.65 bits per heavy atom. The molecule has 5 heteroatoms. The van der Waals surface area contributed by atoms with Crippen LogP contribution in [0.15, 0.2) is 32.8 Å². The lowest BCUT2D eigenvalue weighted by molar-refractivity contribution is 0.371. The lowest BCUT2D eigenvalue weighted by Gasteiger charge is -2.23. The minimum absolute atomic E-state index is 0.508. The van der Waals surface area contributed by atoms with Crippen molar-refractivity contribution in [3.8, 4) is 12.3 Å². The SMILES string of the molecule is C#CCN(C)C1=NCN(Cc2ccco2)C=N1. The predicted molar refractivity (Wildman–Crippen MR) is 66.5 cm³/mol. The maximum absolute atomic E-state index is 5.26. The Morgan fingerprint density at radius 2 is 2.53 bits per heavy atom. The van der Waals surface area contributed by atoms with Crippen LogP contribution >= 0.6 is 0 Å². The van der Waals surface area contributed by atoms with Gasteiger partial charge in [0.05, 0.1) is 25.7 Å². The fourth-order valence-corrected chi connectivity index (χ4v) is 1.49. The fraction of sp³-hybridized carbons (Fsp3) is 0.333. The van der Waals surface area contributed by atoms with Crippen molar-refractivity contribution >= 4 is 12.3 Å². The number of guanidine groups is 1. The van der Waals surface area contributed by atoms with Gasteiger partial charge in [-0.1, -0.05) is 5.92 Å². The standard InChI is InChI=1S/C12H14N4O/c1-3-6-15(2)12-13-9-16(10-14-12)8-11-5-4-7-17-11/h1,4-5,7,9H,6,8,10H2,2H3. The largest absolute Gasteiger partial charge is 0.467 e. The third-order valence-electron chi connectivity index (χ3n) is 2.34. The van der Waals surface area contributed by atoms with E-state index in [9.17, 15) is 0 Å². The molecule has 0 unspecified atom stereocenters. The van der Waals surface area contributed by atoms with Crippen molar-refractivity contribution in [1.29, 1.82) is 0 Å². The molecule has 0 aromatic carbocycles. The van der Waals surface area contributed by atoms with Crippen LogP contribution in [0.2, 0.25) is 0 Å². The Balaban J connectivity index is 1.90. The van der Waals surface area contributed by atoms with E-state index < -0.39 is 0 Å². The number of furan rings is 1. The van der Waals surface area contributed by atoms with E-state index in [1.54, 1.807) is 12.6 Å². The average molecular weight is 230 g/mol. The number of rotatable bonds is 3. The molecule has 0 bridgehead atoms. The molecule has 0 saturated heterocycles. The van der Waals surface area contributed by atoms with Crippen LogP contribution in [0.3, 0.4) is 0 Å². The van der Waals surface area contributed by atoms with Gasteiger partial charge in [0, 0.05) is 7.05 Å². The van der Waals surface area contributed by atoms with E-state index in [0.29, 0.717) is 25.7 Å². The van der Waals surface area contributed by atoms with Crippen LogP contribution in [0.25, 0.3) is 0 Å². The van der Waals surface area contributed by atoms with Crippen LogP contribution in [-0.2, 0) is 6.54 Å². The van der Waals surface area contributed by atoms with Gasteiger partial charge >= 0.3 is 0 Å². The summed E-state index contributed by atoms with van der Waals surface area (Å²) in [5, 5.41) is 0. The lowest BCUT2D eigenvalue weighted by atomic mass is 10.4. The van der Waals surface area contributed by atoms with Gasteiger partial charge in [-0.25, -0.2) is 9.98 Å². The van der Waals surface area contributed by atoms with Crippen molar-refractivity contribution < 1.29 is 4.42 Å². The fourth-order valence-electron chi connectivity index (χ4n) is 1.49. The smallest absolute Gasteiger partial charge is 0.224 e. The Kier molecular flexibility index (Phi) is 3.46. The predicted octanol–water partition coefficient (Wildman–Crippen LogP) is 1.00. The van der Waals surface area contributed by atoms with Gasteiger partial charge in [-0.05, 0) is 12.1 Å². The third-order valence-corrected chi connectivity index (χ3v) is 2.34. The molecule has 0 atom stereocenters. The van der Waals surface area contributed by atoms with E-state index in [0.717, 1.165) is 5.76 Å². The van der Waals surface area contributed by atoms with Crippen molar-refractivity contribution in [1.82, 2.24) is 9.80 Å². The summed E-state index contributed by atoms with van der Waals surface area (Å²) >= 11 is 0. The molecule has 0 fully saturated rings. The Morgan fingerprint density at radius 3 is 3.12 bits per heavy atom. The highest BCUT2D eigenvalue weighted by atomic mass is 16.3. The van der Waals surface area contributed by atoms with E-state index in [1.165, 1.54) is 0 Å². The molecule has 88 valence electrons. The summed E-state index contributed by atoms with van der Waals surface area (Å²) in [5.41, 5.74) is 0. The van der Waals surface area contributed by atoms with Crippen molar-refractivity contribution in [3.63, 3.8) is 0 Å². The molecule has 1 aromatic rings. The van der Waals surface area contributed by atoms with Crippen LogP contribution in [0, 0.1) is 12.3 Å². The number of nitrogens with zero attached hydrogens (tertiary/aromatic N) is 4. The van der Waals surface area contributed by atoms with Crippen molar-refractivity contribution in [3.05, 3.63) is 24.2 Å². The van der Waals surface area contributed by atoms with Crippen molar-refractivity contribution in [2.75, 3.05) is 20.3 Å². The molecule has 2 rings (SSSR count). The van der Waals surface area contributed by atoms with Gasteiger partial charge < -0.3 is 14.2 Å². The number of aliphatic imine (C=N–C) groups is 2.